The third kappa shape index (κ3) is 5.42. The predicted molar refractivity (Wildman–Crippen MR) is 82.1 cm³/mol. The summed E-state index contributed by atoms with van der Waals surface area (Å²) in [6.07, 6.45) is 0. The second-order valence-electron chi connectivity index (χ2n) is 4.69. The van der Waals surface area contributed by atoms with E-state index in [0.29, 0.717) is 25.3 Å². The van der Waals surface area contributed by atoms with Crippen molar-refractivity contribution < 1.29 is 9.53 Å². The Kier molecular flexibility index (Phi) is 7.23. The van der Waals surface area contributed by atoms with Crippen molar-refractivity contribution in [2.24, 2.45) is 0 Å². The lowest BCUT2D eigenvalue weighted by molar-refractivity contribution is -0.119. The van der Waals surface area contributed by atoms with Crippen LogP contribution in [0.25, 0.3) is 0 Å². The number of carbonyl (C=O) groups is 1. The van der Waals surface area contributed by atoms with E-state index in [4.69, 9.17) is 4.74 Å². The molecule has 0 fully saturated rings. The topological polar surface area (TPSA) is 77.4 Å². The lowest BCUT2D eigenvalue weighted by atomic mass is 10.1. The molecule has 21 heavy (non-hydrogen) atoms. The fourth-order valence-electron chi connectivity index (χ4n) is 1.97. The zero-order valence-corrected chi connectivity index (χ0v) is 12.8. The first-order valence-corrected chi connectivity index (χ1v) is 6.76. The molecule has 6 nitrogen and oxygen atoms in total. The molecule has 0 spiro atoms. The van der Waals surface area contributed by atoms with E-state index in [0.717, 1.165) is 11.3 Å². The molecule has 0 heterocycles. The van der Waals surface area contributed by atoms with Crippen LogP contribution < -0.4 is 15.5 Å². The molecule has 6 heteroatoms. The maximum absolute atomic E-state index is 11.8. The van der Waals surface area contributed by atoms with Gasteiger partial charge in [-0.15, -0.1) is 0 Å². The van der Waals surface area contributed by atoms with Crippen LogP contribution in [0.15, 0.2) is 18.2 Å². The van der Waals surface area contributed by atoms with Gasteiger partial charge in [-0.2, -0.15) is 5.26 Å². The van der Waals surface area contributed by atoms with Crippen molar-refractivity contribution >= 4 is 11.6 Å². The quantitative estimate of drug-likeness (QED) is 0.681. The SMILES string of the molecule is CNCc1ccc(N(C)CC(=O)NCCOC)c(C#N)c1. The zero-order valence-electron chi connectivity index (χ0n) is 12.8. The summed E-state index contributed by atoms with van der Waals surface area (Å²) in [5.74, 6) is -0.0993. The van der Waals surface area contributed by atoms with Gasteiger partial charge in [0.15, 0.2) is 0 Å². The second kappa shape index (κ2) is 8.95. The lowest BCUT2D eigenvalue weighted by Gasteiger charge is -2.20. The first-order valence-electron chi connectivity index (χ1n) is 6.76. The van der Waals surface area contributed by atoms with Gasteiger partial charge in [0, 0.05) is 27.2 Å². The number of ether oxygens (including phenoxy) is 1. The number of benzene rings is 1. The van der Waals surface area contributed by atoms with E-state index < -0.39 is 0 Å². The molecule has 1 rings (SSSR count). The Morgan fingerprint density at radius 2 is 2.24 bits per heavy atom. The van der Waals surface area contributed by atoms with Gasteiger partial charge in [0.1, 0.15) is 6.07 Å². The standard InChI is InChI=1S/C15H22N4O2/c1-17-10-12-4-5-14(13(8-12)9-16)19(2)11-15(20)18-6-7-21-3/h4-5,8,17H,6-7,10-11H2,1-3H3,(H,18,20). The highest BCUT2D eigenvalue weighted by Crippen LogP contribution is 2.20. The Bertz CT molecular complexity index is 511. The Morgan fingerprint density at radius 3 is 2.86 bits per heavy atom. The van der Waals surface area contributed by atoms with Crippen LogP contribution in [0.4, 0.5) is 5.69 Å². The minimum atomic E-state index is -0.0993. The Hall–Kier alpha value is -2.10. The maximum atomic E-state index is 11.8. The van der Waals surface area contributed by atoms with Gasteiger partial charge in [-0.25, -0.2) is 0 Å². The highest BCUT2D eigenvalue weighted by atomic mass is 16.5. The van der Waals surface area contributed by atoms with Crippen LogP contribution in [0.3, 0.4) is 0 Å². The van der Waals surface area contributed by atoms with Crippen molar-refractivity contribution in [3.05, 3.63) is 29.3 Å². The van der Waals surface area contributed by atoms with Gasteiger partial charge >= 0.3 is 0 Å². The second-order valence-corrected chi connectivity index (χ2v) is 4.69. The van der Waals surface area contributed by atoms with Crippen molar-refractivity contribution in [1.82, 2.24) is 10.6 Å². The third-order valence-corrected chi connectivity index (χ3v) is 2.98. The predicted octanol–water partition coefficient (Wildman–Crippen LogP) is 0.476. The number of methoxy groups -OCH3 is 1. The van der Waals surface area contributed by atoms with E-state index >= 15 is 0 Å². The van der Waals surface area contributed by atoms with E-state index in [1.165, 1.54) is 0 Å². The molecule has 0 atom stereocenters. The largest absolute Gasteiger partial charge is 0.383 e. The molecule has 0 saturated carbocycles. The van der Waals surface area contributed by atoms with Gasteiger partial charge in [0.05, 0.1) is 24.4 Å². The molecule has 0 aliphatic rings. The number of anilines is 1. The lowest BCUT2D eigenvalue weighted by Crippen LogP contribution is -2.36. The Labute approximate surface area is 125 Å². The fraction of sp³-hybridized carbons (Fsp3) is 0.467. The van der Waals surface area contributed by atoms with Crippen LogP contribution in [0.5, 0.6) is 0 Å². The van der Waals surface area contributed by atoms with E-state index in [9.17, 15) is 10.1 Å². The minimum absolute atomic E-state index is 0.0993. The summed E-state index contributed by atoms with van der Waals surface area (Å²) in [6.45, 7) is 1.87. The smallest absolute Gasteiger partial charge is 0.239 e. The molecule has 114 valence electrons. The summed E-state index contributed by atoms with van der Waals surface area (Å²) in [4.78, 5) is 13.5. The minimum Gasteiger partial charge on any atom is -0.383 e. The van der Waals surface area contributed by atoms with E-state index in [1.807, 2.05) is 25.2 Å². The van der Waals surface area contributed by atoms with Crippen LogP contribution in [-0.2, 0) is 16.1 Å². The summed E-state index contributed by atoms with van der Waals surface area (Å²) >= 11 is 0. The number of hydrogen-bond acceptors (Lipinski definition) is 5. The number of hydrogen-bond donors (Lipinski definition) is 2. The van der Waals surface area contributed by atoms with Gasteiger partial charge in [-0.3, -0.25) is 4.79 Å². The molecule has 0 aromatic heterocycles. The van der Waals surface area contributed by atoms with Crippen LogP contribution in [-0.4, -0.2) is 46.8 Å². The summed E-state index contributed by atoms with van der Waals surface area (Å²) in [5.41, 5.74) is 2.35. The maximum Gasteiger partial charge on any atom is 0.239 e. The Morgan fingerprint density at radius 1 is 1.48 bits per heavy atom. The number of carbonyl (C=O) groups excluding carboxylic acids is 1. The summed E-state index contributed by atoms with van der Waals surface area (Å²) in [6, 6.07) is 7.84. The highest BCUT2D eigenvalue weighted by molar-refractivity contribution is 5.81. The van der Waals surface area contributed by atoms with Crippen molar-refractivity contribution in [3.63, 3.8) is 0 Å². The molecule has 0 unspecified atom stereocenters. The van der Waals surface area contributed by atoms with Gasteiger partial charge in [-0.05, 0) is 24.7 Å². The molecular formula is C15H22N4O2. The van der Waals surface area contributed by atoms with Crippen LogP contribution in [0.2, 0.25) is 0 Å². The molecule has 2 N–H and O–H groups in total. The first kappa shape index (κ1) is 17.0. The van der Waals surface area contributed by atoms with Crippen LogP contribution in [0.1, 0.15) is 11.1 Å². The van der Waals surface area contributed by atoms with Crippen molar-refractivity contribution in [3.8, 4) is 6.07 Å². The van der Waals surface area contributed by atoms with E-state index in [-0.39, 0.29) is 12.5 Å². The first-order chi connectivity index (χ1) is 10.1. The van der Waals surface area contributed by atoms with Gasteiger partial charge in [0.25, 0.3) is 0 Å². The zero-order chi connectivity index (χ0) is 15.7. The molecule has 1 amide bonds. The van der Waals surface area contributed by atoms with E-state index in [2.05, 4.69) is 16.7 Å². The van der Waals surface area contributed by atoms with Crippen molar-refractivity contribution in [1.29, 1.82) is 5.26 Å². The number of nitrogens with one attached hydrogen (secondary N) is 2. The molecule has 0 aliphatic heterocycles. The van der Waals surface area contributed by atoms with Gasteiger partial charge < -0.3 is 20.3 Å². The van der Waals surface area contributed by atoms with Crippen molar-refractivity contribution in [2.45, 2.75) is 6.54 Å². The van der Waals surface area contributed by atoms with Gasteiger partial charge in [0.2, 0.25) is 5.91 Å². The number of nitrogens with zero attached hydrogens (tertiary/aromatic N) is 2. The molecule has 1 aromatic carbocycles. The molecular weight excluding hydrogens is 268 g/mol. The molecule has 0 radical (unpaired) electrons. The number of nitriles is 1. The molecule has 0 bridgehead atoms. The monoisotopic (exact) mass is 290 g/mol. The third-order valence-electron chi connectivity index (χ3n) is 2.98. The van der Waals surface area contributed by atoms with Crippen LogP contribution in [0, 0.1) is 11.3 Å². The molecule has 1 aromatic rings. The number of amides is 1. The number of rotatable bonds is 8. The van der Waals surface area contributed by atoms with Crippen LogP contribution >= 0.6 is 0 Å². The summed E-state index contributed by atoms with van der Waals surface area (Å²) < 4.78 is 4.88. The summed E-state index contributed by atoms with van der Waals surface area (Å²) in [7, 11) is 5.24. The average molecular weight is 290 g/mol. The summed E-state index contributed by atoms with van der Waals surface area (Å²) in [5, 5.41) is 15.1. The van der Waals surface area contributed by atoms with Gasteiger partial charge in [-0.1, -0.05) is 6.07 Å². The molecule has 0 saturated heterocycles. The highest BCUT2D eigenvalue weighted by Gasteiger charge is 2.11. The average Bonchev–Trinajstić information content (AvgIpc) is 2.47. The number of likely N-dealkylation sites (N-methyl/N-ethyl adjacent to an activating group) is 1. The van der Waals surface area contributed by atoms with E-state index in [1.54, 1.807) is 19.1 Å². The Balaban J connectivity index is 2.71. The molecule has 0 aliphatic carbocycles. The normalized spacial score (nSPS) is 10.0. The van der Waals surface area contributed by atoms with Crippen molar-refractivity contribution in [2.75, 3.05) is 45.8 Å². The fourth-order valence-corrected chi connectivity index (χ4v) is 1.97.